The normalized spacial score (nSPS) is 16.1. The maximum absolute atomic E-state index is 12.5. The predicted molar refractivity (Wildman–Crippen MR) is 86.7 cm³/mol. The van der Waals surface area contributed by atoms with Crippen LogP contribution in [0, 0.1) is 6.92 Å². The Morgan fingerprint density at radius 1 is 1.10 bits per heavy atom. The van der Waals surface area contributed by atoms with Crippen molar-refractivity contribution < 1.29 is 4.79 Å². The van der Waals surface area contributed by atoms with Crippen LogP contribution in [0.5, 0.6) is 0 Å². The number of thiophene rings is 1. The van der Waals surface area contributed by atoms with Crippen molar-refractivity contribution in [3.8, 4) is 0 Å². The van der Waals surface area contributed by atoms with Gasteiger partial charge in [-0.3, -0.25) is 9.69 Å². The van der Waals surface area contributed by atoms with Crippen LogP contribution in [0.1, 0.15) is 20.8 Å². The second kappa shape index (κ2) is 6.41. The van der Waals surface area contributed by atoms with Gasteiger partial charge in [0, 0.05) is 32.7 Å². The number of hydrogen-bond acceptors (Lipinski definition) is 3. The van der Waals surface area contributed by atoms with Crippen molar-refractivity contribution in [2.75, 3.05) is 26.2 Å². The molecule has 0 unspecified atom stereocenters. The topological polar surface area (TPSA) is 23.6 Å². The zero-order valence-corrected chi connectivity index (χ0v) is 13.1. The molecule has 2 heterocycles. The Bertz CT molecular complexity index is 600. The molecule has 0 bridgehead atoms. The summed E-state index contributed by atoms with van der Waals surface area (Å²) in [6.45, 7) is 6.53. The summed E-state index contributed by atoms with van der Waals surface area (Å²) in [7, 11) is 0. The van der Waals surface area contributed by atoms with E-state index >= 15 is 0 Å². The second-order valence-corrected chi connectivity index (χ2v) is 6.40. The van der Waals surface area contributed by atoms with E-state index in [1.54, 1.807) is 11.3 Å². The molecule has 1 aliphatic heterocycles. The van der Waals surface area contributed by atoms with Gasteiger partial charge in [-0.25, -0.2) is 0 Å². The molecule has 0 radical (unpaired) electrons. The summed E-state index contributed by atoms with van der Waals surface area (Å²) in [6.07, 6.45) is 0. The summed E-state index contributed by atoms with van der Waals surface area (Å²) in [6, 6.07) is 12.5. The van der Waals surface area contributed by atoms with Gasteiger partial charge in [0.1, 0.15) is 0 Å². The van der Waals surface area contributed by atoms with Gasteiger partial charge in [0.05, 0.1) is 4.88 Å². The summed E-state index contributed by atoms with van der Waals surface area (Å²) >= 11 is 1.55. The molecule has 1 fully saturated rings. The molecular weight excluding hydrogens is 280 g/mol. The average molecular weight is 300 g/mol. The van der Waals surface area contributed by atoms with Crippen molar-refractivity contribution in [3.05, 3.63) is 57.8 Å². The molecule has 2 aromatic rings. The van der Waals surface area contributed by atoms with Gasteiger partial charge < -0.3 is 4.90 Å². The highest BCUT2D eigenvalue weighted by Gasteiger charge is 2.23. The fourth-order valence-corrected chi connectivity index (χ4v) is 3.58. The number of benzene rings is 1. The monoisotopic (exact) mass is 300 g/mol. The van der Waals surface area contributed by atoms with Crippen LogP contribution in [-0.2, 0) is 6.54 Å². The predicted octanol–water partition coefficient (Wildman–Crippen LogP) is 3.01. The van der Waals surface area contributed by atoms with Gasteiger partial charge in [-0.15, -0.1) is 11.3 Å². The summed E-state index contributed by atoms with van der Waals surface area (Å²) in [5.74, 6) is 0.196. The highest BCUT2D eigenvalue weighted by Crippen LogP contribution is 2.19. The zero-order valence-electron chi connectivity index (χ0n) is 12.3. The molecule has 0 N–H and O–H groups in total. The molecule has 1 aromatic carbocycles. The number of nitrogens with zero attached hydrogens (tertiary/aromatic N) is 2. The molecule has 0 atom stereocenters. The van der Waals surface area contributed by atoms with Crippen molar-refractivity contribution in [2.24, 2.45) is 0 Å². The molecule has 1 aliphatic rings. The van der Waals surface area contributed by atoms with Gasteiger partial charge in [-0.05, 0) is 29.5 Å². The van der Waals surface area contributed by atoms with E-state index in [-0.39, 0.29) is 5.91 Å². The third-order valence-electron chi connectivity index (χ3n) is 3.96. The number of rotatable bonds is 3. The quantitative estimate of drug-likeness (QED) is 0.870. The lowest BCUT2D eigenvalue weighted by molar-refractivity contribution is 0.0632. The van der Waals surface area contributed by atoms with Gasteiger partial charge in [-0.1, -0.05) is 30.3 Å². The summed E-state index contributed by atoms with van der Waals surface area (Å²) in [5.41, 5.74) is 2.43. The number of carbonyl (C=O) groups is 1. The van der Waals surface area contributed by atoms with Crippen molar-refractivity contribution in [3.63, 3.8) is 0 Å². The average Bonchev–Trinajstić information content (AvgIpc) is 2.94. The van der Waals surface area contributed by atoms with Crippen LogP contribution in [-0.4, -0.2) is 41.9 Å². The first kappa shape index (κ1) is 14.3. The largest absolute Gasteiger partial charge is 0.335 e. The van der Waals surface area contributed by atoms with E-state index in [1.807, 2.05) is 29.3 Å². The molecular formula is C17H20N2OS. The number of hydrogen-bond donors (Lipinski definition) is 0. The first-order valence-corrected chi connectivity index (χ1v) is 8.21. The van der Waals surface area contributed by atoms with Crippen LogP contribution in [0.3, 0.4) is 0 Å². The standard InChI is InChI=1S/C17H20N2OS/c1-14-7-12-21-16(14)17(20)19-10-8-18(9-11-19)13-15-5-3-2-4-6-15/h2-7,12H,8-11,13H2,1H3. The highest BCUT2D eigenvalue weighted by molar-refractivity contribution is 7.12. The van der Waals surface area contributed by atoms with Gasteiger partial charge >= 0.3 is 0 Å². The lowest BCUT2D eigenvalue weighted by atomic mass is 10.2. The van der Waals surface area contributed by atoms with Gasteiger partial charge in [-0.2, -0.15) is 0 Å². The molecule has 0 aliphatic carbocycles. The Morgan fingerprint density at radius 3 is 2.43 bits per heavy atom. The first-order chi connectivity index (χ1) is 10.2. The maximum Gasteiger partial charge on any atom is 0.264 e. The number of amides is 1. The lowest BCUT2D eigenvalue weighted by Gasteiger charge is -2.34. The fourth-order valence-electron chi connectivity index (χ4n) is 2.69. The molecule has 1 saturated heterocycles. The molecule has 4 heteroatoms. The molecule has 3 nitrogen and oxygen atoms in total. The van der Waals surface area contributed by atoms with Gasteiger partial charge in [0.2, 0.25) is 0 Å². The van der Waals surface area contributed by atoms with Crippen molar-refractivity contribution >= 4 is 17.2 Å². The Kier molecular flexibility index (Phi) is 4.36. The molecule has 3 rings (SSSR count). The van der Waals surface area contributed by atoms with E-state index < -0.39 is 0 Å². The molecule has 0 spiro atoms. The zero-order chi connectivity index (χ0) is 14.7. The van der Waals surface area contributed by atoms with Crippen LogP contribution in [0.25, 0.3) is 0 Å². The third-order valence-corrected chi connectivity index (χ3v) is 4.97. The Labute approximate surface area is 129 Å². The summed E-state index contributed by atoms with van der Waals surface area (Å²) in [5, 5.41) is 1.99. The van der Waals surface area contributed by atoms with E-state index in [2.05, 4.69) is 29.2 Å². The Hall–Kier alpha value is -1.65. The molecule has 21 heavy (non-hydrogen) atoms. The van der Waals surface area contributed by atoms with Crippen LogP contribution in [0.2, 0.25) is 0 Å². The van der Waals surface area contributed by atoms with E-state index in [9.17, 15) is 4.79 Å². The maximum atomic E-state index is 12.5. The minimum Gasteiger partial charge on any atom is -0.335 e. The molecule has 1 amide bonds. The number of carbonyl (C=O) groups excluding carboxylic acids is 1. The van der Waals surface area contributed by atoms with E-state index in [0.717, 1.165) is 43.2 Å². The Morgan fingerprint density at radius 2 is 1.81 bits per heavy atom. The fraction of sp³-hybridized carbons (Fsp3) is 0.353. The minimum absolute atomic E-state index is 0.196. The van der Waals surface area contributed by atoms with E-state index in [4.69, 9.17) is 0 Å². The highest BCUT2D eigenvalue weighted by atomic mass is 32.1. The van der Waals surface area contributed by atoms with Crippen LogP contribution in [0.15, 0.2) is 41.8 Å². The first-order valence-electron chi connectivity index (χ1n) is 7.33. The molecule has 0 saturated carbocycles. The molecule has 1 aromatic heterocycles. The van der Waals surface area contributed by atoms with E-state index in [1.165, 1.54) is 5.56 Å². The molecule has 110 valence electrons. The number of piperazine rings is 1. The van der Waals surface area contributed by atoms with Crippen LogP contribution >= 0.6 is 11.3 Å². The SMILES string of the molecule is Cc1ccsc1C(=O)N1CCN(Cc2ccccc2)CC1. The Balaban J connectivity index is 1.56. The van der Waals surface area contributed by atoms with Crippen molar-refractivity contribution in [1.82, 2.24) is 9.80 Å². The van der Waals surface area contributed by atoms with Crippen LogP contribution < -0.4 is 0 Å². The lowest BCUT2D eigenvalue weighted by Crippen LogP contribution is -2.48. The van der Waals surface area contributed by atoms with Gasteiger partial charge in [0.25, 0.3) is 5.91 Å². The van der Waals surface area contributed by atoms with E-state index in [0.29, 0.717) is 0 Å². The van der Waals surface area contributed by atoms with Gasteiger partial charge in [0.15, 0.2) is 0 Å². The smallest absolute Gasteiger partial charge is 0.264 e. The number of aryl methyl sites for hydroxylation is 1. The minimum atomic E-state index is 0.196. The third kappa shape index (κ3) is 3.34. The summed E-state index contributed by atoms with van der Waals surface area (Å²) < 4.78 is 0. The summed E-state index contributed by atoms with van der Waals surface area (Å²) in [4.78, 5) is 17.8. The van der Waals surface area contributed by atoms with Crippen molar-refractivity contribution in [2.45, 2.75) is 13.5 Å². The second-order valence-electron chi connectivity index (χ2n) is 5.49. The van der Waals surface area contributed by atoms with Crippen LogP contribution in [0.4, 0.5) is 0 Å². The van der Waals surface area contributed by atoms with Crippen molar-refractivity contribution in [1.29, 1.82) is 0 Å².